The van der Waals surface area contributed by atoms with Crippen molar-refractivity contribution in [1.29, 1.82) is 0 Å². The summed E-state index contributed by atoms with van der Waals surface area (Å²) in [5, 5.41) is 16.2. The minimum Gasteiger partial charge on any atom is -0.369 e. The third-order valence-electron chi connectivity index (χ3n) is 6.26. The van der Waals surface area contributed by atoms with Crippen molar-refractivity contribution in [3.8, 4) is 11.3 Å². The summed E-state index contributed by atoms with van der Waals surface area (Å²) < 4.78 is 5.51. The molecule has 0 amide bonds. The molecular weight excluding hydrogens is 454 g/mol. The first-order valence-electron chi connectivity index (χ1n) is 11.7. The average Bonchev–Trinajstić information content (AvgIpc) is 3.32. The molecule has 1 aromatic heterocycles. The Morgan fingerprint density at radius 1 is 1.12 bits per heavy atom. The first-order chi connectivity index (χ1) is 16.5. The van der Waals surface area contributed by atoms with Gasteiger partial charge in [-0.3, -0.25) is 19.9 Å². The Morgan fingerprint density at radius 3 is 2.65 bits per heavy atom. The van der Waals surface area contributed by atoms with Gasteiger partial charge in [0.15, 0.2) is 5.76 Å². The van der Waals surface area contributed by atoms with Gasteiger partial charge in [0, 0.05) is 49.0 Å². The summed E-state index contributed by atoms with van der Waals surface area (Å²) in [6, 6.07) is 16.5. The van der Waals surface area contributed by atoms with E-state index in [4.69, 9.17) is 16.1 Å². The second kappa shape index (κ2) is 11.5. The van der Waals surface area contributed by atoms with E-state index in [1.165, 1.54) is 11.8 Å². The molecule has 8 nitrogen and oxygen atoms in total. The van der Waals surface area contributed by atoms with Crippen LogP contribution in [-0.2, 0) is 6.54 Å². The van der Waals surface area contributed by atoms with Gasteiger partial charge in [-0.1, -0.05) is 41.9 Å². The maximum Gasteiger partial charge on any atom is 0.278 e. The van der Waals surface area contributed by atoms with Crippen molar-refractivity contribution >= 4 is 23.0 Å². The summed E-state index contributed by atoms with van der Waals surface area (Å²) in [5.41, 5.74) is 2.19. The van der Waals surface area contributed by atoms with Gasteiger partial charge < -0.3 is 9.42 Å². The Morgan fingerprint density at radius 2 is 1.91 bits per heavy atom. The van der Waals surface area contributed by atoms with E-state index in [0.717, 1.165) is 57.3 Å². The molecule has 34 heavy (non-hydrogen) atoms. The Balaban J connectivity index is 1.24. The van der Waals surface area contributed by atoms with Crippen molar-refractivity contribution in [3.05, 3.63) is 75.5 Å². The van der Waals surface area contributed by atoms with Gasteiger partial charge in [-0.05, 0) is 50.3 Å². The van der Waals surface area contributed by atoms with E-state index in [2.05, 4.69) is 32.8 Å². The van der Waals surface area contributed by atoms with Crippen LogP contribution in [0.5, 0.6) is 0 Å². The van der Waals surface area contributed by atoms with Crippen molar-refractivity contribution in [2.24, 2.45) is 0 Å². The lowest BCUT2D eigenvalue weighted by molar-refractivity contribution is -0.384. The van der Waals surface area contributed by atoms with Gasteiger partial charge >= 0.3 is 0 Å². The molecule has 1 aliphatic rings. The van der Waals surface area contributed by atoms with E-state index in [1.54, 1.807) is 24.3 Å². The van der Waals surface area contributed by atoms with Crippen LogP contribution in [-0.4, -0.2) is 65.7 Å². The van der Waals surface area contributed by atoms with Crippen molar-refractivity contribution < 1.29 is 9.45 Å². The van der Waals surface area contributed by atoms with E-state index in [9.17, 15) is 10.1 Å². The maximum atomic E-state index is 11.3. The lowest BCUT2D eigenvalue weighted by Gasteiger charge is -2.36. The highest BCUT2D eigenvalue weighted by Crippen LogP contribution is 2.29. The zero-order valence-electron chi connectivity index (χ0n) is 19.4. The molecule has 0 N–H and O–H groups in total. The summed E-state index contributed by atoms with van der Waals surface area (Å²) in [4.78, 5) is 18.1. The van der Waals surface area contributed by atoms with Crippen LogP contribution in [0.1, 0.15) is 19.1 Å². The number of para-hydroxylation sites is 1. The minimum atomic E-state index is -0.392. The Kier molecular flexibility index (Phi) is 8.16. The molecule has 2 aromatic carbocycles. The van der Waals surface area contributed by atoms with Crippen LogP contribution in [0.3, 0.4) is 0 Å². The standard InChI is InChI=1S/C25H30ClN5O3/c1-2-28(19-22-18-24(27-34-22)23-9-3-4-10-25(23)31(32)33)11-6-12-29-13-15-30(16-14-29)21-8-5-7-20(26)17-21/h3-5,7-10,17-18H,2,6,11-16,19H2,1H3. The monoisotopic (exact) mass is 483 g/mol. The summed E-state index contributed by atoms with van der Waals surface area (Å²) in [7, 11) is 0. The summed E-state index contributed by atoms with van der Waals surface area (Å²) >= 11 is 6.14. The molecule has 1 aliphatic heterocycles. The largest absolute Gasteiger partial charge is 0.369 e. The summed E-state index contributed by atoms with van der Waals surface area (Å²) in [6.45, 7) is 9.75. The number of nitro groups is 1. The number of nitro benzene ring substituents is 1. The zero-order chi connectivity index (χ0) is 23.9. The third-order valence-corrected chi connectivity index (χ3v) is 6.49. The fourth-order valence-corrected chi connectivity index (χ4v) is 4.54. The molecule has 0 bridgehead atoms. The number of rotatable bonds is 10. The van der Waals surface area contributed by atoms with Gasteiger partial charge in [0.25, 0.3) is 5.69 Å². The first-order valence-corrected chi connectivity index (χ1v) is 12.1. The fourth-order valence-electron chi connectivity index (χ4n) is 4.35. The van der Waals surface area contributed by atoms with Crippen LogP contribution in [0.25, 0.3) is 11.3 Å². The second-order valence-electron chi connectivity index (χ2n) is 8.48. The zero-order valence-corrected chi connectivity index (χ0v) is 20.2. The highest BCUT2D eigenvalue weighted by molar-refractivity contribution is 6.30. The summed E-state index contributed by atoms with van der Waals surface area (Å²) in [6.07, 6.45) is 1.07. The van der Waals surface area contributed by atoms with Crippen molar-refractivity contribution in [2.75, 3.05) is 50.7 Å². The van der Waals surface area contributed by atoms with Crippen LogP contribution >= 0.6 is 11.6 Å². The van der Waals surface area contributed by atoms with Crippen molar-refractivity contribution in [1.82, 2.24) is 15.0 Å². The van der Waals surface area contributed by atoms with Crippen molar-refractivity contribution in [2.45, 2.75) is 19.9 Å². The molecular formula is C25H30ClN5O3. The predicted octanol–water partition coefficient (Wildman–Crippen LogP) is 4.94. The lowest BCUT2D eigenvalue weighted by atomic mass is 10.1. The number of hydrogen-bond donors (Lipinski definition) is 0. The number of anilines is 1. The molecule has 180 valence electrons. The maximum absolute atomic E-state index is 11.3. The number of piperazine rings is 1. The summed E-state index contributed by atoms with van der Waals surface area (Å²) in [5.74, 6) is 0.713. The quantitative estimate of drug-likeness (QED) is 0.298. The average molecular weight is 484 g/mol. The van der Waals surface area contributed by atoms with Crippen molar-refractivity contribution in [3.63, 3.8) is 0 Å². The number of nitrogens with zero attached hydrogens (tertiary/aromatic N) is 5. The Labute approximate surface area is 204 Å². The smallest absolute Gasteiger partial charge is 0.278 e. The second-order valence-corrected chi connectivity index (χ2v) is 8.92. The molecule has 3 aromatic rings. The van der Waals surface area contributed by atoms with Crippen LogP contribution in [0.15, 0.2) is 59.1 Å². The molecule has 0 radical (unpaired) electrons. The number of aromatic nitrogens is 1. The predicted molar refractivity (Wildman–Crippen MR) is 134 cm³/mol. The van der Waals surface area contributed by atoms with Crippen LogP contribution in [0.2, 0.25) is 5.02 Å². The normalized spacial score (nSPS) is 14.6. The number of hydrogen-bond acceptors (Lipinski definition) is 7. The lowest BCUT2D eigenvalue weighted by Crippen LogP contribution is -2.47. The number of benzene rings is 2. The molecule has 0 saturated carbocycles. The molecule has 0 unspecified atom stereocenters. The molecule has 0 aliphatic carbocycles. The first kappa shape index (κ1) is 24.2. The highest BCUT2D eigenvalue weighted by atomic mass is 35.5. The van der Waals surface area contributed by atoms with Gasteiger partial charge in [0.2, 0.25) is 0 Å². The van der Waals surface area contributed by atoms with Gasteiger partial charge in [0.05, 0.1) is 17.0 Å². The van der Waals surface area contributed by atoms with Gasteiger partial charge in [0.1, 0.15) is 5.69 Å². The Bertz CT molecular complexity index is 1100. The number of halogens is 1. The minimum absolute atomic E-state index is 0.0326. The van der Waals surface area contributed by atoms with Crippen LogP contribution in [0, 0.1) is 10.1 Å². The fraction of sp³-hybridized carbons (Fsp3) is 0.400. The molecule has 1 saturated heterocycles. The molecule has 4 rings (SSSR count). The molecule has 1 fully saturated rings. The van der Waals surface area contributed by atoms with E-state index in [1.807, 2.05) is 18.2 Å². The highest BCUT2D eigenvalue weighted by Gasteiger charge is 2.20. The molecule has 2 heterocycles. The molecule has 0 spiro atoms. The van der Waals surface area contributed by atoms with Crippen LogP contribution < -0.4 is 4.90 Å². The van der Waals surface area contributed by atoms with E-state index < -0.39 is 4.92 Å². The van der Waals surface area contributed by atoms with Gasteiger partial charge in [-0.15, -0.1) is 0 Å². The SMILES string of the molecule is CCN(CCCN1CCN(c2cccc(Cl)c2)CC1)Cc1cc(-c2ccccc2[N+](=O)[O-])no1. The van der Waals surface area contributed by atoms with E-state index >= 15 is 0 Å². The molecule has 9 heteroatoms. The topological polar surface area (TPSA) is 78.9 Å². The molecule has 0 atom stereocenters. The van der Waals surface area contributed by atoms with Crippen LogP contribution in [0.4, 0.5) is 11.4 Å². The van der Waals surface area contributed by atoms with E-state index in [-0.39, 0.29) is 5.69 Å². The van der Waals surface area contributed by atoms with Gasteiger partial charge in [-0.2, -0.15) is 0 Å². The van der Waals surface area contributed by atoms with Gasteiger partial charge in [-0.25, -0.2) is 0 Å². The third kappa shape index (κ3) is 6.14. The Hall–Kier alpha value is -2.94. The van der Waals surface area contributed by atoms with E-state index in [0.29, 0.717) is 23.6 Å².